The third kappa shape index (κ3) is 2.55. The largest absolute Gasteiger partial charge is 0.348 e. The lowest BCUT2D eigenvalue weighted by atomic mass is 9.94. The van der Waals surface area contributed by atoms with Crippen molar-refractivity contribution in [3.05, 3.63) is 5.82 Å². The molecule has 0 atom stereocenters. The second-order valence-corrected chi connectivity index (χ2v) is 6.11. The van der Waals surface area contributed by atoms with Crippen molar-refractivity contribution in [2.24, 2.45) is 0 Å². The summed E-state index contributed by atoms with van der Waals surface area (Å²) in [4.78, 5) is 4.45. The molecule has 1 aliphatic carbocycles. The van der Waals surface area contributed by atoms with E-state index in [-0.39, 0.29) is 5.79 Å². The van der Waals surface area contributed by atoms with Gasteiger partial charge in [-0.2, -0.15) is 0 Å². The van der Waals surface area contributed by atoms with Crippen molar-refractivity contribution in [1.29, 1.82) is 0 Å². The molecule has 1 aromatic heterocycles. The molecule has 18 heavy (non-hydrogen) atoms. The zero-order chi connectivity index (χ0) is 12.4. The van der Waals surface area contributed by atoms with Crippen LogP contribution in [0.4, 0.5) is 0 Å². The Morgan fingerprint density at radius 1 is 1.33 bits per heavy atom. The molecule has 1 spiro atoms. The van der Waals surface area contributed by atoms with E-state index in [1.807, 2.05) is 0 Å². The van der Waals surface area contributed by atoms with E-state index in [9.17, 15) is 0 Å². The Morgan fingerprint density at radius 3 is 2.67 bits per heavy atom. The monoisotopic (exact) mass is 269 g/mol. The van der Waals surface area contributed by atoms with Crippen LogP contribution in [0.3, 0.4) is 0 Å². The van der Waals surface area contributed by atoms with Crippen molar-refractivity contribution < 1.29 is 9.47 Å². The maximum Gasteiger partial charge on any atom is 0.208 e. The summed E-state index contributed by atoms with van der Waals surface area (Å²) >= 11 is 1.78. The molecule has 0 radical (unpaired) electrons. The Labute approximate surface area is 111 Å². The van der Waals surface area contributed by atoms with E-state index in [0.717, 1.165) is 56.3 Å². The van der Waals surface area contributed by atoms with Crippen LogP contribution in [0.15, 0.2) is 5.16 Å². The van der Waals surface area contributed by atoms with Crippen molar-refractivity contribution in [2.45, 2.75) is 55.2 Å². The lowest BCUT2D eigenvalue weighted by molar-refractivity contribution is -0.175. The molecule has 1 N–H and O–H groups in total. The average Bonchev–Trinajstić information content (AvgIpc) is 3.02. The smallest absolute Gasteiger partial charge is 0.208 e. The van der Waals surface area contributed by atoms with Gasteiger partial charge in [0.25, 0.3) is 0 Å². The van der Waals surface area contributed by atoms with Crippen LogP contribution in [0.5, 0.6) is 0 Å². The number of ether oxygens (including phenoxy) is 2. The van der Waals surface area contributed by atoms with E-state index in [2.05, 4.69) is 22.1 Å². The number of hydrogen-bond acceptors (Lipinski definition) is 5. The van der Waals surface area contributed by atoms with Gasteiger partial charge in [-0.15, -0.1) is 5.10 Å². The highest BCUT2D eigenvalue weighted by molar-refractivity contribution is 7.99. The molecule has 1 saturated carbocycles. The molecular weight excluding hydrogens is 250 g/mol. The van der Waals surface area contributed by atoms with E-state index in [1.54, 1.807) is 11.8 Å². The molecule has 6 heteroatoms. The van der Waals surface area contributed by atoms with Gasteiger partial charge in [0.15, 0.2) is 5.79 Å². The van der Waals surface area contributed by atoms with Crippen LogP contribution in [0.1, 0.15) is 38.4 Å². The van der Waals surface area contributed by atoms with Gasteiger partial charge in [0.1, 0.15) is 5.82 Å². The second kappa shape index (κ2) is 5.19. The SMILES string of the molecule is CCc1nc(SC2CCC3(CC2)OCCO3)n[nH]1. The van der Waals surface area contributed by atoms with E-state index < -0.39 is 0 Å². The van der Waals surface area contributed by atoms with Crippen LogP contribution in [0, 0.1) is 0 Å². The Balaban J connectivity index is 1.53. The minimum absolute atomic E-state index is 0.259. The molecule has 0 bridgehead atoms. The van der Waals surface area contributed by atoms with Gasteiger partial charge in [0.2, 0.25) is 5.16 Å². The third-order valence-electron chi connectivity index (χ3n) is 3.63. The highest BCUT2D eigenvalue weighted by Crippen LogP contribution is 2.40. The van der Waals surface area contributed by atoms with Gasteiger partial charge in [-0.25, -0.2) is 4.98 Å². The maximum atomic E-state index is 5.73. The number of rotatable bonds is 3. The number of aromatic nitrogens is 3. The molecule has 1 aromatic rings. The van der Waals surface area contributed by atoms with Crippen LogP contribution in [0.25, 0.3) is 0 Å². The Hall–Kier alpha value is -0.590. The van der Waals surface area contributed by atoms with Crippen LogP contribution in [0.2, 0.25) is 0 Å². The summed E-state index contributed by atoms with van der Waals surface area (Å²) < 4.78 is 11.5. The number of nitrogens with zero attached hydrogens (tertiary/aromatic N) is 2. The zero-order valence-electron chi connectivity index (χ0n) is 10.6. The maximum absolute atomic E-state index is 5.73. The van der Waals surface area contributed by atoms with Crippen LogP contribution in [-0.2, 0) is 15.9 Å². The zero-order valence-corrected chi connectivity index (χ0v) is 11.5. The first-order valence-corrected chi connectivity index (χ1v) is 7.53. The second-order valence-electron chi connectivity index (χ2n) is 4.84. The van der Waals surface area contributed by atoms with Gasteiger partial charge in [-0.1, -0.05) is 18.7 Å². The van der Waals surface area contributed by atoms with E-state index in [4.69, 9.17) is 9.47 Å². The Bertz CT molecular complexity index is 394. The van der Waals surface area contributed by atoms with Crippen molar-refractivity contribution in [3.63, 3.8) is 0 Å². The molecule has 3 rings (SSSR count). The lowest BCUT2D eigenvalue weighted by Crippen LogP contribution is -2.35. The van der Waals surface area contributed by atoms with Gasteiger partial charge in [0.05, 0.1) is 13.2 Å². The molecule has 100 valence electrons. The molecule has 2 fully saturated rings. The standard InChI is InChI=1S/C12H19N3O2S/c1-2-10-13-11(15-14-10)18-9-3-5-12(6-4-9)16-7-8-17-12/h9H,2-8H2,1H3,(H,13,14,15). The minimum Gasteiger partial charge on any atom is -0.348 e. The molecule has 0 amide bonds. The first kappa shape index (κ1) is 12.4. The van der Waals surface area contributed by atoms with Gasteiger partial charge in [-0.05, 0) is 12.8 Å². The predicted molar refractivity (Wildman–Crippen MR) is 68.5 cm³/mol. The van der Waals surface area contributed by atoms with Gasteiger partial charge < -0.3 is 9.47 Å². The van der Waals surface area contributed by atoms with E-state index in [1.165, 1.54) is 0 Å². The van der Waals surface area contributed by atoms with Crippen LogP contribution in [-0.4, -0.2) is 39.4 Å². The van der Waals surface area contributed by atoms with Crippen molar-refractivity contribution >= 4 is 11.8 Å². The number of H-pyrrole nitrogens is 1. The van der Waals surface area contributed by atoms with Crippen molar-refractivity contribution in [2.75, 3.05) is 13.2 Å². The lowest BCUT2D eigenvalue weighted by Gasteiger charge is -2.34. The number of thioether (sulfide) groups is 1. The van der Waals surface area contributed by atoms with Crippen molar-refractivity contribution in [1.82, 2.24) is 15.2 Å². The molecule has 0 aromatic carbocycles. The van der Waals surface area contributed by atoms with E-state index >= 15 is 0 Å². The minimum atomic E-state index is -0.259. The Kier molecular flexibility index (Phi) is 3.59. The van der Waals surface area contributed by atoms with Crippen LogP contribution < -0.4 is 0 Å². The number of hydrogen-bond donors (Lipinski definition) is 1. The predicted octanol–water partition coefficient (Wildman–Crippen LogP) is 2.14. The molecule has 0 unspecified atom stereocenters. The van der Waals surface area contributed by atoms with Gasteiger partial charge >= 0.3 is 0 Å². The number of nitrogens with one attached hydrogen (secondary N) is 1. The third-order valence-corrected chi connectivity index (χ3v) is 4.82. The summed E-state index contributed by atoms with van der Waals surface area (Å²) in [6.45, 7) is 3.57. The summed E-state index contributed by atoms with van der Waals surface area (Å²) in [6, 6.07) is 0. The summed E-state index contributed by atoms with van der Waals surface area (Å²) in [5.41, 5.74) is 0. The van der Waals surface area contributed by atoms with Crippen LogP contribution >= 0.6 is 11.8 Å². The Morgan fingerprint density at radius 2 is 2.06 bits per heavy atom. The molecule has 1 aliphatic heterocycles. The topological polar surface area (TPSA) is 60.0 Å². The number of aromatic amines is 1. The fourth-order valence-corrected chi connectivity index (χ4v) is 3.60. The van der Waals surface area contributed by atoms with E-state index in [0.29, 0.717) is 5.25 Å². The first-order valence-electron chi connectivity index (χ1n) is 6.65. The summed E-state index contributed by atoms with van der Waals surface area (Å²) in [5.74, 6) is 0.706. The molecule has 1 saturated heterocycles. The summed E-state index contributed by atoms with van der Waals surface area (Å²) in [7, 11) is 0. The summed E-state index contributed by atoms with van der Waals surface area (Å²) in [6.07, 6.45) is 5.12. The average molecular weight is 269 g/mol. The molecule has 2 aliphatic rings. The normalized spacial score (nSPS) is 23.8. The fourth-order valence-electron chi connectivity index (χ4n) is 2.57. The fraction of sp³-hybridized carbons (Fsp3) is 0.833. The number of aryl methyl sites for hydroxylation is 1. The van der Waals surface area contributed by atoms with Gasteiger partial charge in [0, 0.05) is 24.5 Å². The first-order chi connectivity index (χ1) is 8.80. The molecular formula is C12H19N3O2S. The van der Waals surface area contributed by atoms with Crippen molar-refractivity contribution in [3.8, 4) is 0 Å². The molecule has 2 heterocycles. The van der Waals surface area contributed by atoms with Gasteiger partial charge in [-0.3, -0.25) is 5.10 Å². The highest BCUT2D eigenvalue weighted by Gasteiger charge is 2.40. The highest BCUT2D eigenvalue weighted by atomic mass is 32.2. The quantitative estimate of drug-likeness (QED) is 0.911. The molecule has 5 nitrogen and oxygen atoms in total. The summed E-state index contributed by atoms with van der Waals surface area (Å²) in [5, 5.41) is 8.66.